The van der Waals surface area contributed by atoms with Crippen LogP contribution >= 0.6 is 22.9 Å². The van der Waals surface area contributed by atoms with Gasteiger partial charge in [0, 0.05) is 11.6 Å². The third kappa shape index (κ3) is 2.71. The lowest BCUT2D eigenvalue weighted by Gasteiger charge is -2.04. The summed E-state index contributed by atoms with van der Waals surface area (Å²) in [4.78, 5) is 0. The van der Waals surface area contributed by atoms with Gasteiger partial charge in [0.05, 0.1) is 0 Å². The van der Waals surface area contributed by atoms with E-state index in [-0.39, 0.29) is 0 Å². The molecule has 0 atom stereocenters. The summed E-state index contributed by atoms with van der Waals surface area (Å²) in [5.74, 6) is 0. The van der Waals surface area contributed by atoms with E-state index < -0.39 is 0 Å². The van der Waals surface area contributed by atoms with E-state index in [9.17, 15) is 0 Å². The fourth-order valence-corrected chi connectivity index (χ4v) is 2.07. The second-order valence-electron chi connectivity index (χ2n) is 3.56. The smallest absolute Gasteiger partial charge is 0.205 e. The molecule has 3 nitrogen and oxygen atoms in total. The standard InChI is InChI=1S/C11H12ClN3S/c1-7-5-9(3-4-10(7)12)6-13-11-15-14-8(2)16-11/h3-5H,6H2,1-2H3,(H,13,15). The molecule has 0 saturated carbocycles. The second-order valence-corrected chi connectivity index (χ2v) is 5.15. The van der Waals surface area contributed by atoms with Crippen molar-refractivity contribution in [1.29, 1.82) is 0 Å². The highest BCUT2D eigenvalue weighted by Crippen LogP contribution is 2.18. The Morgan fingerprint density at radius 2 is 2.12 bits per heavy atom. The molecule has 0 radical (unpaired) electrons. The van der Waals surface area contributed by atoms with E-state index >= 15 is 0 Å². The fourth-order valence-electron chi connectivity index (χ4n) is 1.36. The van der Waals surface area contributed by atoms with Gasteiger partial charge >= 0.3 is 0 Å². The molecule has 2 rings (SSSR count). The van der Waals surface area contributed by atoms with Crippen LogP contribution < -0.4 is 5.32 Å². The molecule has 0 saturated heterocycles. The molecule has 0 spiro atoms. The Bertz CT molecular complexity index is 496. The maximum absolute atomic E-state index is 5.96. The second kappa shape index (κ2) is 4.80. The molecule has 1 heterocycles. The molecule has 84 valence electrons. The van der Waals surface area contributed by atoms with Crippen molar-refractivity contribution in [2.75, 3.05) is 5.32 Å². The van der Waals surface area contributed by atoms with Crippen LogP contribution in [0, 0.1) is 13.8 Å². The first-order chi connectivity index (χ1) is 7.65. The Balaban J connectivity index is 2.02. The summed E-state index contributed by atoms with van der Waals surface area (Å²) in [5, 5.41) is 13.8. The van der Waals surface area contributed by atoms with Gasteiger partial charge in [-0.05, 0) is 31.0 Å². The molecule has 0 fully saturated rings. The molecule has 0 bridgehead atoms. The molecule has 1 N–H and O–H groups in total. The Morgan fingerprint density at radius 1 is 1.31 bits per heavy atom. The van der Waals surface area contributed by atoms with Crippen molar-refractivity contribution in [1.82, 2.24) is 10.2 Å². The number of halogens is 1. The van der Waals surface area contributed by atoms with Crippen molar-refractivity contribution in [3.8, 4) is 0 Å². The Morgan fingerprint density at radius 3 is 2.75 bits per heavy atom. The van der Waals surface area contributed by atoms with Crippen molar-refractivity contribution in [2.24, 2.45) is 0 Å². The summed E-state index contributed by atoms with van der Waals surface area (Å²) in [5.41, 5.74) is 2.28. The molecule has 5 heteroatoms. The summed E-state index contributed by atoms with van der Waals surface area (Å²) < 4.78 is 0. The minimum Gasteiger partial charge on any atom is -0.356 e. The van der Waals surface area contributed by atoms with Gasteiger partial charge in [0.1, 0.15) is 5.01 Å². The van der Waals surface area contributed by atoms with Crippen LogP contribution in [0.25, 0.3) is 0 Å². The lowest BCUT2D eigenvalue weighted by atomic mass is 10.1. The predicted octanol–water partition coefficient (Wildman–Crippen LogP) is 3.42. The lowest BCUT2D eigenvalue weighted by Crippen LogP contribution is -1.99. The Hall–Kier alpha value is -1.13. The van der Waals surface area contributed by atoms with Gasteiger partial charge in [0.25, 0.3) is 0 Å². The molecule has 0 aliphatic heterocycles. The van der Waals surface area contributed by atoms with Crippen LogP contribution in [-0.2, 0) is 6.54 Å². The summed E-state index contributed by atoms with van der Waals surface area (Å²) >= 11 is 7.52. The molecule has 0 aliphatic carbocycles. The quantitative estimate of drug-likeness (QED) is 0.911. The minimum atomic E-state index is 0.743. The van der Waals surface area contributed by atoms with E-state index in [1.54, 1.807) is 11.3 Å². The fraction of sp³-hybridized carbons (Fsp3) is 0.273. The van der Waals surface area contributed by atoms with E-state index in [1.807, 2.05) is 26.0 Å². The molecule has 0 amide bonds. The number of nitrogens with one attached hydrogen (secondary N) is 1. The topological polar surface area (TPSA) is 37.8 Å². The molecule has 0 aliphatic rings. The van der Waals surface area contributed by atoms with Crippen LogP contribution in [0.3, 0.4) is 0 Å². The molecule has 0 unspecified atom stereocenters. The number of hydrogen-bond acceptors (Lipinski definition) is 4. The first-order valence-electron chi connectivity index (χ1n) is 4.94. The predicted molar refractivity (Wildman–Crippen MR) is 68.2 cm³/mol. The summed E-state index contributed by atoms with van der Waals surface area (Å²) in [6.45, 7) is 4.68. The zero-order chi connectivity index (χ0) is 11.5. The van der Waals surface area contributed by atoms with Crippen molar-refractivity contribution < 1.29 is 0 Å². The first kappa shape index (κ1) is 11.4. The number of aryl methyl sites for hydroxylation is 2. The largest absolute Gasteiger partial charge is 0.356 e. The van der Waals surface area contributed by atoms with Crippen molar-refractivity contribution in [3.05, 3.63) is 39.4 Å². The number of nitrogens with zero attached hydrogens (tertiary/aromatic N) is 2. The lowest BCUT2D eigenvalue weighted by molar-refractivity contribution is 1.02. The van der Waals surface area contributed by atoms with Crippen LogP contribution in [0.5, 0.6) is 0 Å². The van der Waals surface area contributed by atoms with E-state index in [1.165, 1.54) is 5.56 Å². The highest BCUT2D eigenvalue weighted by Gasteiger charge is 2.01. The molecule has 1 aromatic heterocycles. The van der Waals surface area contributed by atoms with Gasteiger partial charge in [-0.3, -0.25) is 0 Å². The SMILES string of the molecule is Cc1nnc(NCc2ccc(Cl)c(C)c2)s1. The summed E-state index contributed by atoms with van der Waals surface area (Å²) in [6.07, 6.45) is 0. The van der Waals surface area contributed by atoms with Crippen LogP contribution in [0.4, 0.5) is 5.13 Å². The van der Waals surface area contributed by atoms with Crippen LogP contribution in [0.15, 0.2) is 18.2 Å². The Kier molecular flexibility index (Phi) is 3.41. The Labute approximate surface area is 103 Å². The van der Waals surface area contributed by atoms with E-state index in [0.717, 1.165) is 27.3 Å². The molecule has 16 heavy (non-hydrogen) atoms. The number of anilines is 1. The van der Waals surface area contributed by atoms with Gasteiger partial charge in [-0.15, -0.1) is 10.2 Å². The zero-order valence-electron chi connectivity index (χ0n) is 9.12. The minimum absolute atomic E-state index is 0.743. The third-order valence-corrected chi connectivity index (χ3v) is 3.41. The van der Waals surface area contributed by atoms with Gasteiger partial charge in [-0.25, -0.2) is 0 Å². The van der Waals surface area contributed by atoms with Gasteiger partial charge in [-0.2, -0.15) is 0 Å². The molecule has 1 aromatic carbocycles. The first-order valence-corrected chi connectivity index (χ1v) is 6.13. The third-order valence-electron chi connectivity index (χ3n) is 2.19. The maximum Gasteiger partial charge on any atom is 0.205 e. The van der Waals surface area contributed by atoms with Gasteiger partial charge in [-0.1, -0.05) is 35.1 Å². The number of aromatic nitrogens is 2. The zero-order valence-corrected chi connectivity index (χ0v) is 10.7. The van der Waals surface area contributed by atoms with Crippen molar-refractivity contribution in [2.45, 2.75) is 20.4 Å². The monoisotopic (exact) mass is 253 g/mol. The van der Waals surface area contributed by atoms with E-state index in [4.69, 9.17) is 11.6 Å². The normalized spacial score (nSPS) is 10.4. The molecule has 2 aromatic rings. The number of benzene rings is 1. The van der Waals surface area contributed by atoms with Gasteiger partial charge in [0.15, 0.2) is 0 Å². The summed E-state index contributed by atoms with van der Waals surface area (Å²) in [6, 6.07) is 6.00. The van der Waals surface area contributed by atoms with Gasteiger partial charge < -0.3 is 5.32 Å². The van der Waals surface area contributed by atoms with Crippen LogP contribution in [0.1, 0.15) is 16.1 Å². The average Bonchev–Trinajstić information content (AvgIpc) is 2.66. The van der Waals surface area contributed by atoms with E-state index in [2.05, 4.69) is 21.6 Å². The number of hydrogen-bond donors (Lipinski definition) is 1. The molecular formula is C11H12ClN3S. The molecular weight excluding hydrogens is 242 g/mol. The highest BCUT2D eigenvalue weighted by molar-refractivity contribution is 7.15. The number of rotatable bonds is 3. The van der Waals surface area contributed by atoms with Gasteiger partial charge in [0.2, 0.25) is 5.13 Å². The van der Waals surface area contributed by atoms with Crippen LogP contribution in [0.2, 0.25) is 5.02 Å². The average molecular weight is 254 g/mol. The maximum atomic E-state index is 5.96. The summed E-state index contributed by atoms with van der Waals surface area (Å²) in [7, 11) is 0. The highest BCUT2D eigenvalue weighted by atomic mass is 35.5. The van der Waals surface area contributed by atoms with E-state index in [0.29, 0.717) is 0 Å². The van der Waals surface area contributed by atoms with Crippen molar-refractivity contribution >= 4 is 28.1 Å². The van der Waals surface area contributed by atoms with Crippen LogP contribution in [-0.4, -0.2) is 10.2 Å². The van der Waals surface area contributed by atoms with Crippen molar-refractivity contribution in [3.63, 3.8) is 0 Å².